The summed E-state index contributed by atoms with van der Waals surface area (Å²) in [5.41, 5.74) is 1.05. The van der Waals surface area contributed by atoms with Gasteiger partial charge < -0.3 is 5.32 Å². The van der Waals surface area contributed by atoms with Crippen molar-refractivity contribution >= 4 is 61.3 Å². The molecule has 2 aromatic carbocycles. The number of carbonyl (C=O) groups excluding carboxylic acids is 2. The van der Waals surface area contributed by atoms with Crippen molar-refractivity contribution in [3.05, 3.63) is 58.2 Å². The number of anilines is 3. The number of carbonyl (C=O) groups is 2. The minimum absolute atomic E-state index is 0.0676. The maximum absolute atomic E-state index is 14.4. The highest BCUT2D eigenvalue weighted by Gasteiger charge is 2.15. The molecule has 12 heteroatoms. The lowest BCUT2D eigenvalue weighted by molar-refractivity contribution is -0.114. The van der Waals surface area contributed by atoms with Crippen molar-refractivity contribution in [2.45, 2.75) is 6.92 Å². The van der Waals surface area contributed by atoms with Gasteiger partial charge in [-0.2, -0.15) is 0 Å². The zero-order valence-corrected chi connectivity index (χ0v) is 18.6. The van der Waals surface area contributed by atoms with Gasteiger partial charge in [-0.25, -0.2) is 17.8 Å². The van der Waals surface area contributed by atoms with E-state index in [1.54, 1.807) is 11.4 Å². The van der Waals surface area contributed by atoms with Gasteiger partial charge in [0, 0.05) is 29.1 Å². The number of sulfonamides is 1. The standard InChI is InChI=1S/C19H16ClFN4O4S2/c1-10(26)22-12-4-5-13(15(21)8-12)17-9-30-19(23-17)24-18(27)11-3-6-14(20)16(7-11)25-31(2,28)29/h3-9,25H,1-2H3,(H,22,26)(H,23,24,27). The van der Waals surface area contributed by atoms with Crippen molar-refractivity contribution < 1.29 is 22.4 Å². The molecule has 31 heavy (non-hydrogen) atoms. The highest BCUT2D eigenvalue weighted by Crippen LogP contribution is 2.29. The monoisotopic (exact) mass is 482 g/mol. The van der Waals surface area contributed by atoms with Crippen LogP contribution in [-0.2, 0) is 14.8 Å². The van der Waals surface area contributed by atoms with Crippen LogP contribution < -0.4 is 15.4 Å². The van der Waals surface area contributed by atoms with Crippen LogP contribution in [0.5, 0.6) is 0 Å². The maximum Gasteiger partial charge on any atom is 0.257 e. The molecule has 0 aliphatic heterocycles. The Kier molecular flexibility index (Phi) is 6.58. The average molecular weight is 483 g/mol. The second-order valence-corrected chi connectivity index (χ2v) is 9.45. The van der Waals surface area contributed by atoms with Crippen molar-refractivity contribution in [1.82, 2.24) is 4.98 Å². The summed E-state index contributed by atoms with van der Waals surface area (Å²) in [6.45, 7) is 1.32. The molecule has 0 spiro atoms. The van der Waals surface area contributed by atoms with Gasteiger partial charge in [-0.15, -0.1) is 11.3 Å². The van der Waals surface area contributed by atoms with E-state index in [1.807, 2.05) is 0 Å². The Bertz CT molecular complexity index is 1280. The van der Waals surface area contributed by atoms with Gasteiger partial charge in [-0.3, -0.25) is 19.6 Å². The Morgan fingerprint density at radius 2 is 1.87 bits per heavy atom. The number of rotatable bonds is 6. The summed E-state index contributed by atoms with van der Waals surface area (Å²) in [5, 5.41) is 7.00. The van der Waals surface area contributed by atoms with Gasteiger partial charge in [0.25, 0.3) is 5.91 Å². The predicted octanol–water partition coefficient (Wildman–Crippen LogP) is 4.18. The number of aromatic nitrogens is 1. The molecule has 0 radical (unpaired) electrons. The third-order valence-electron chi connectivity index (χ3n) is 3.81. The molecular weight excluding hydrogens is 467 g/mol. The van der Waals surface area contributed by atoms with Crippen molar-refractivity contribution in [1.29, 1.82) is 0 Å². The predicted molar refractivity (Wildman–Crippen MR) is 120 cm³/mol. The van der Waals surface area contributed by atoms with Crippen LogP contribution >= 0.6 is 22.9 Å². The first kappa shape index (κ1) is 22.7. The first-order valence-corrected chi connectivity index (χ1v) is 11.8. The van der Waals surface area contributed by atoms with E-state index < -0.39 is 21.7 Å². The summed E-state index contributed by atoms with van der Waals surface area (Å²) >= 11 is 7.06. The molecule has 0 bridgehead atoms. The number of nitrogens with one attached hydrogen (secondary N) is 3. The number of benzene rings is 2. The molecule has 2 amide bonds. The molecular formula is C19H16ClFN4O4S2. The third kappa shape index (κ3) is 6.00. The van der Waals surface area contributed by atoms with E-state index in [0.717, 1.165) is 17.6 Å². The molecule has 0 unspecified atom stereocenters. The Hall–Kier alpha value is -3.02. The van der Waals surface area contributed by atoms with E-state index in [-0.39, 0.29) is 32.9 Å². The minimum atomic E-state index is -3.58. The van der Waals surface area contributed by atoms with E-state index in [0.29, 0.717) is 11.4 Å². The van der Waals surface area contributed by atoms with Crippen LogP contribution in [0.15, 0.2) is 41.8 Å². The van der Waals surface area contributed by atoms with Crippen LogP contribution in [0.4, 0.5) is 20.9 Å². The van der Waals surface area contributed by atoms with Crippen molar-refractivity contribution in [3.8, 4) is 11.3 Å². The summed E-state index contributed by atoms with van der Waals surface area (Å²) < 4.78 is 39.5. The topological polar surface area (TPSA) is 117 Å². The summed E-state index contributed by atoms with van der Waals surface area (Å²) in [4.78, 5) is 27.8. The first-order valence-electron chi connectivity index (χ1n) is 8.63. The second-order valence-electron chi connectivity index (χ2n) is 6.44. The first-order chi connectivity index (χ1) is 14.5. The Morgan fingerprint density at radius 3 is 2.52 bits per heavy atom. The molecule has 3 N–H and O–H groups in total. The Labute approximate surface area is 186 Å². The summed E-state index contributed by atoms with van der Waals surface area (Å²) in [5.74, 6) is -1.44. The Balaban J connectivity index is 1.78. The largest absolute Gasteiger partial charge is 0.326 e. The molecule has 1 aromatic heterocycles. The molecule has 1 heterocycles. The summed E-state index contributed by atoms with van der Waals surface area (Å²) in [6, 6.07) is 8.32. The second kappa shape index (κ2) is 9.00. The number of halogens is 2. The van der Waals surface area contributed by atoms with Gasteiger partial charge in [-0.1, -0.05) is 11.6 Å². The molecule has 0 saturated carbocycles. The lowest BCUT2D eigenvalue weighted by atomic mass is 10.1. The van der Waals surface area contributed by atoms with Crippen molar-refractivity contribution in [2.24, 2.45) is 0 Å². The van der Waals surface area contributed by atoms with Crippen molar-refractivity contribution in [2.75, 3.05) is 21.6 Å². The molecule has 0 atom stereocenters. The van der Waals surface area contributed by atoms with E-state index in [9.17, 15) is 22.4 Å². The van der Waals surface area contributed by atoms with Crippen LogP contribution in [0.25, 0.3) is 11.3 Å². The molecule has 0 aliphatic rings. The molecule has 0 saturated heterocycles. The van der Waals surface area contributed by atoms with Gasteiger partial charge in [0.2, 0.25) is 15.9 Å². The van der Waals surface area contributed by atoms with Gasteiger partial charge in [0.05, 0.1) is 22.7 Å². The maximum atomic E-state index is 14.4. The smallest absolute Gasteiger partial charge is 0.257 e. The number of thiazole rings is 1. The van der Waals surface area contributed by atoms with E-state index in [2.05, 4.69) is 20.3 Å². The normalized spacial score (nSPS) is 11.1. The SMILES string of the molecule is CC(=O)Nc1ccc(-c2csc(NC(=O)c3ccc(Cl)c(NS(C)(=O)=O)c3)n2)c(F)c1. The number of hydrogen-bond acceptors (Lipinski definition) is 6. The molecule has 0 fully saturated rings. The van der Waals surface area contributed by atoms with Crippen LogP contribution in [0.3, 0.4) is 0 Å². The zero-order valence-electron chi connectivity index (χ0n) is 16.2. The molecule has 0 aliphatic carbocycles. The highest BCUT2D eigenvalue weighted by molar-refractivity contribution is 7.92. The van der Waals surface area contributed by atoms with Crippen LogP contribution in [-0.4, -0.2) is 31.5 Å². The third-order valence-corrected chi connectivity index (χ3v) is 5.49. The number of nitrogens with zero attached hydrogens (tertiary/aromatic N) is 1. The average Bonchev–Trinajstić information content (AvgIpc) is 3.10. The van der Waals surface area contributed by atoms with E-state index >= 15 is 0 Å². The van der Waals surface area contributed by atoms with Crippen LogP contribution in [0.1, 0.15) is 17.3 Å². The highest BCUT2D eigenvalue weighted by atomic mass is 35.5. The fourth-order valence-electron chi connectivity index (χ4n) is 2.57. The van der Waals surface area contributed by atoms with Gasteiger partial charge >= 0.3 is 0 Å². The molecule has 3 rings (SSSR count). The number of hydrogen-bond donors (Lipinski definition) is 3. The van der Waals surface area contributed by atoms with Crippen molar-refractivity contribution in [3.63, 3.8) is 0 Å². The summed E-state index contributed by atoms with van der Waals surface area (Å²) in [7, 11) is -3.58. The molecule has 162 valence electrons. The lowest BCUT2D eigenvalue weighted by Crippen LogP contribution is -2.14. The van der Waals surface area contributed by atoms with E-state index in [1.165, 1.54) is 37.3 Å². The lowest BCUT2D eigenvalue weighted by Gasteiger charge is -2.08. The quantitative estimate of drug-likeness (QED) is 0.487. The van der Waals surface area contributed by atoms with Gasteiger partial charge in [0.1, 0.15) is 5.82 Å². The molecule has 8 nitrogen and oxygen atoms in total. The van der Waals surface area contributed by atoms with Crippen LogP contribution in [0.2, 0.25) is 5.02 Å². The van der Waals surface area contributed by atoms with E-state index in [4.69, 9.17) is 11.6 Å². The fourth-order valence-corrected chi connectivity index (χ4v) is 4.07. The fraction of sp³-hybridized carbons (Fsp3) is 0.105. The van der Waals surface area contributed by atoms with Crippen LogP contribution in [0, 0.1) is 5.82 Å². The molecule has 3 aromatic rings. The summed E-state index contributed by atoms with van der Waals surface area (Å²) in [6.07, 6.45) is 0.967. The van der Waals surface area contributed by atoms with Gasteiger partial charge in [-0.05, 0) is 36.4 Å². The Morgan fingerprint density at radius 1 is 1.13 bits per heavy atom. The number of amides is 2. The minimum Gasteiger partial charge on any atom is -0.326 e. The van der Waals surface area contributed by atoms with Gasteiger partial charge in [0.15, 0.2) is 5.13 Å². The zero-order chi connectivity index (χ0) is 22.8.